The lowest BCUT2D eigenvalue weighted by Gasteiger charge is -2.18. The summed E-state index contributed by atoms with van der Waals surface area (Å²) in [6, 6.07) is 13.8. The molecule has 2 aromatic rings. The van der Waals surface area contributed by atoms with Gasteiger partial charge in [-0.25, -0.2) is 4.39 Å². The molecule has 0 aliphatic heterocycles. The summed E-state index contributed by atoms with van der Waals surface area (Å²) in [5, 5.41) is 0. The largest absolute Gasteiger partial charge is 0.492 e. The summed E-state index contributed by atoms with van der Waals surface area (Å²) in [7, 11) is 1.66. The summed E-state index contributed by atoms with van der Waals surface area (Å²) in [6.45, 7) is 0.788. The Bertz CT molecular complexity index is 619. The molecule has 0 saturated carbocycles. The summed E-state index contributed by atoms with van der Waals surface area (Å²) < 4.78 is 19.2. The highest BCUT2D eigenvalue weighted by atomic mass is 79.9. The molecule has 5 heteroatoms. The lowest BCUT2D eigenvalue weighted by molar-refractivity contribution is 0.0772. The van der Waals surface area contributed by atoms with Crippen LogP contribution in [0.4, 0.5) is 4.39 Å². The third kappa shape index (κ3) is 4.04. The van der Waals surface area contributed by atoms with Crippen molar-refractivity contribution in [1.29, 1.82) is 0 Å². The van der Waals surface area contributed by atoms with Gasteiger partial charge in [0.05, 0.1) is 16.6 Å². The van der Waals surface area contributed by atoms with Gasteiger partial charge in [-0.1, -0.05) is 24.3 Å². The molecule has 0 fully saturated rings. The number of amides is 1. The van der Waals surface area contributed by atoms with E-state index in [9.17, 15) is 9.18 Å². The molecule has 110 valence electrons. The maximum atomic E-state index is 13.4. The quantitative estimate of drug-likeness (QED) is 0.821. The van der Waals surface area contributed by atoms with Gasteiger partial charge in [0.25, 0.3) is 5.91 Å². The third-order valence-electron chi connectivity index (χ3n) is 2.97. The molecule has 3 nitrogen and oxygen atoms in total. The molecular weight excluding hydrogens is 337 g/mol. The SMILES string of the molecule is CN(CCOc1ccccc1)C(=O)c1cccc(F)c1Br. The van der Waals surface area contributed by atoms with Gasteiger partial charge in [-0.15, -0.1) is 0 Å². The molecule has 0 aliphatic carbocycles. The Labute approximate surface area is 131 Å². The van der Waals surface area contributed by atoms with Crippen LogP contribution in [0.5, 0.6) is 5.75 Å². The number of hydrogen-bond donors (Lipinski definition) is 0. The van der Waals surface area contributed by atoms with Gasteiger partial charge >= 0.3 is 0 Å². The van der Waals surface area contributed by atoms with Crippen molar-refractivity contribution in [1.82, 2.24) is 4.90 Å². The highest BCUT2D eigenvalue weighted by molar-refractivity contribution is 9.10. The molecule has 0 aliphatic rings. The van der Waals surface area contributed by atoms with Gasteiger partial charge < -0.3 is 9.64 Å². The highest BCUT2D eigenvalue weighted by Gasteiger charge is 2.16. The van der Waals surface area contributed by atoms with Crippen molar-refractivity contribution >= 4 is 21.8 Å². The molecule has 0 saturated heterocycles. The molecule has 0 radical (unpaired) electrons. The van der Waals surface area contributed by atoms with Gasteiger partial charge in [0.1, 0.15) is 18.2 Å². The zero-order valence-electron chi connectivity index (χ0n) is 11.6. The van der Waals surface area contributed by atoms with Crippen LogP contribution in [0.25, 0.3) is 0 Å². The first-order valence-electron chi connectivity index (χ1n) is 6.47. The first-order valence-corrected chi connectivity index (χ1v) is 7.26. The van der Waals surface area contributed by atoms with Crippen LogP contribution in [-0.2, 0) is 0 Å². The zero-order valence-corrected chi connectivity index (χ0v) is 13.1. The Morgan fingerprint density at radius 2 is 1.90 bits per heavy atom. The predicted molar refractivity (Wildman–Crippen MR) is 83.0 cm³/mol. The Hall–Kier alpha value is -1.88. The van der Waals surface area contributed by atoms with Gasteiger partial charge in [0.2, 0.25) is 0 Å². The Morgan fingerprint density at radius 1 is 1.19 bits per heavy atom. The molecule has 1 amide bonds. The molecule has 2 rings (SSSR count). The summed E-state index contributed by atoms with van der Waals surface area (Å²) in [4.78, 5) is 13.7. The van der Waals surface area contributed by atoms with Gasteiger partial charge in [-0.3, -0.25) is 4.79 Å². The maximum Gasteiger partial charge on any atom is 0.254 e. The predicted octanol–water partition coefficient (Wildman–Crippen LogP) is 3.74. The van der Waals surface area contributed by atoms with E-state index in [0.717, 1.165) is 5.75 Å². The molecule has 0 aromatic heterocycles. The summed E-state index contributed by atoms with van der Waals surface area (Å²) in [5.41, 5.74) is 0.303. The van der Waals surface area contributed by atoms with Gasteiger partial charge in [-0.05, 0) is 40.2 Å². The topological polar surface area (TPSA) is 29.5 Å². The van der Waals surface area contributed by atoms with Crippen LogP contribution in [0.3, 0.4) is 0 Å². The van der Waals surface area contributed by atoms with E-state index in [1.165, 1.54) is 17.0 Å². The molecule has 2 aromatic carbocycles. The molecule has 0 atom stereocenters. The molecule has 0 unspecified atom stereocenters. The molecule has 0 bridgehead atoms. The molecule has 0 N–H and O–H groups in total. The second-order valence-corrected chi connectivity index (χ2v) is 5.28. The minimum absolute atomic E-state index is 0.186. The van der Waals surface area contributed by atoms with Crippen molar-refractivity contribution < 1.29 is 13.9 Å². The summed E-state index contributed by atoms with van der Waals surface area (Å²) >= 11 is 3.10. The smallest absolute Gasteiger partial charge is 0.254 e. The second-order valence-electron chi connectivity index (χ2n) is 4.49. The zero-order chi connectivity index (χ0) is 15.2. The lowest BCUT2D eigenvalue weighted by Crippen LogP contribution is -2.31. The van der Waals surface area contributed by atoms with Crippen LogP contribution in [0, 0.1) is 5.82 Å². The number of halogens is 2. The van der Waals surface area contributed by atoms with Gasteiger partial charge in [0.15, 0.2) is 0 Å². The molecule has 0 heterocycles. The van der Waals surface area contributed by atoms with E-state index in [0.29, 0.717) is 18.7 Å². The summed E-state index contributed by atoms with van der Waals surface area (Å²) in [6.07, 6.45) is 0. The van der Waals surface area contributed by atoms with Crippen molar-refractivity contribution in [3.8, 4) is 5.75 Å². The number of carbonyl (C=O) groups is 1. The second kappa shape index (κ2) is 7.22. The van der Waals surface area contributed by atoms with Crippen LogP contribution < -0.4 is 4.74 Å². The van der Waals surface area contributed by atoms with Crippen LogP contribution in [0.15, 0.2) is 53.0 Å². The number of carbonyl (C=O) groups excluding carboxylic acids is 1. The van der Waals surface area contributed by atoms with E-state index in [-0.39, 0.29) is 10.4 Å². The van der Waals surface area contributed by atoms with E-state index < -0.39 is 5.82 Å². The Balaban J connectivity index is 1.92. The van der Waals surface area contributed by atoms with Crippen LogP contribution >= 0.6 is 15.9 Å². The number of nitrogens with zero attached hydrogens (tertiary/aromatic N) is 1. The van der Waals surface area contributed by atoms with Gasteiger partial charge in [0, 0.05) is 7.05 Å². The van der Waals surface area contributed by atoms with Crippen molar-refractivity contribution in [2.45, 2.75) is 0 Å². The van der Waals surface area contributed by atoms with Crippen LogP contribution in [0.2, 0.25) is 0 Å². The first-order chi connectivity index (χ1) is 10.1. The summed E-state index contributed by atoms with van der Waals surface area (Å²) in [5.74, 6) is 0.0538. The lowest BCUT2D eigenvalue weighted by atomic mass is 10.2. The van der Waals surface area contributed by atoms with Crippen molar-refractivity contribution in [2.24, 2.45) is 0 Å². The Kier molecular flexibility index (Phi) is 5.33. The number of likely N-dealkylation sites (N-methyl/N-ethyl adjacent to an activating group) is 1. The van der Waals surface area contributed by atoms with E-state index in [2.05, 4.69) is 15.9 Å². The van der Waals surface area contributed by atoms with Crippen molar-refractivity contribution in [3.05, 3.63) is 64.4 Å². The number of ether oxygens (including phenoxy) is 1. The minimum Gasteiger partial charge on any atom is -0.492 e. The third-order valence-corrected chi connectivity index (χ3v) is 3.77. The van der Waals surface area contributed by atoms with Crippen molar-refractivity contribution in [2.75, 3.05) is 20.2 Å². The molecule has 21 heavy (non-hydrogen) atoms. The van der Waals surface area contributed by atoms with Gasteiger partial charge in [-0.2, -0.15) is 0 Å². The number of para-hydroxylation sites is 1. The van der Waals surface area contributed by atoms with Crippen LogP contribution in [0.1, 0.15) is 10.4 Å². The molecular formula is C16H15BrFNO2. The highest BCUT2D eigenvalue weighted by Crippen LogP contribution is 2.21. The number of hydrogen-bond acceptors (Lipinski definition) is 2. The normalized spacial score (nSPS) is 10.2. The number of rotatable bonds is 5. The average Bonchev–Trinajstić information content (AvgIpc) is 2.50. The number of benzene rings is 2. The van der Waals surface area contributed by atoms with E-state index >= 15 is 0 Å². The van der Waals surface area contributed by atoms with Crippen LogP contribution in [-0.4, -0.2) is 31.0 Å². The van der Waals surface area contributed by atoms with E-state index in [1.807, 2.05) is 30.3 Å². The minimum atomic E-state index is -0.449. The van der Waals surface area contributed by atoms with E-state index in [1.54, 1.807) is 13.1 Å². The Morgan fingerprint density at radius 3 is 2.62 bits per heavy atom. The average molecular weight is 352 g/mol. The molecule has 0 spiro atoms. The van der Waals surface area contributed by atoms with E-state index in [4.69, 9.17) is 4.74 Å². The monoisotopic (exact) mass is 351 g/mol. The maximum absolute atomic E-state index is 13.4. The standard InChI is InChI=1S/C16H15BrFNO2/c1-19(10-11-21-12-6-3-2-4-7-12)16(20)13-8-5-9-14(18)15(13)17/h2-9H,10-11H2,1H3. The first kappa shape index (κ1) is 15.5. The van der Waals surface area contributed by atoms with Crippen molar-refractivity contribution in [3.63, 3.8) is 0 Å². The fourth-order valence-electron chi connectivity index (χ4n) is 1.79. The fraction of sp³-hybridized carbons (Fsp3) is 0.188. The fourth-order valence-corrected chi connectivity index (χ4v) is 2.23.